The number of aliphatic hydroxyl groups excluding tert-OH is 1. The van der Waals surface area contributed by atoms with Crippen LogP contribution in [0.1, 0.15) is 22.4 Å². The first-order chi connectivity index (χ1) is 12.2. The number of hydrogen-bond acceptors (Lipinski definition) is 4. The van der Waals surface area contributed by atoms with Gasteiger partial charge in [-0.15, -0.1) is 0 Å². The van der Waals surface area contributed by atoms with Crippen molar-refractivity contribution in [2.75, 3.05) is 7.11 Å². The molecule has 130 valence electrons. The maximum absolute atomic E-state index is 9.66. The number of nitrogens with zero attached hydrogens (tertiary/aromatic N) is 2. The highest BCUT2D eigenvalue weighted by atomic mass is 32.2. The number of hydrogen-bond donors (Lipinski definition) is 1. The molecule has 1 heterocycles. The van der Waals surface area contributed by atoms with Crippen LogP contribution in [-0.4, -0.2) is 21.8 Å². The standard InChI is InChI=1S/C20H22N2O2S/c1-15-6-5-7-16(10-15)14-25-20-21-11-18(13-23)22(20)12-17-8-3-4-9-19(17)24-2/h3-11,23H,12-14H2,1-2H3. The zero-order valence-electron chi connectivity index (χ0n) is 14.5. The van der Waals surface area contributed by atoms with Crippen molar-refractivity contribution in [2.24, 2.45) is 0 Å². The Hall–Kier alpha value is -2.24. The molecule has 3 aromatic rings. The molecule has 0 saturated carbocycles. The van der Waals surface area contributed by atoms with Gasteiger partial charge in [0, 0.05) is 11.3 Å². The van der Waals surface area contributed by atoms with E-state index in [9.17, 15) is 5.11 Å². The van der Waals surface area contributed by atoms with Crippen molar-refractivity contribution in [2.45, 2.75) is 31.0 Å². The average molecular weight is 354 g/mol. The zero-order chi connectivity index (χ0) is 17.6. The summed E-state index contributed by atoms with van der Waals surface area (Å²) in [6.07, 6.45) is 1.74. The molecule has 0 atom stereocenters. The fraction of sp³-hybridized carbons (Fsp3) is 0.250. The van der Waals surface area contributed by atoms with Crippen molar-refractivity contribution in [1.29, 1.82) is 0 Å². The molecule has 0 bridgehead atoms. The first-order valence-corrected chi connectivity index (χ1v) is 9.15. The normalized spacial score (nSPS) is 10.8. The molecule has 0 radical (unpaired) electrons. The summed E-state index contributed by atoms with van der Waals surface area (Å²) in [7, 11) is 1.67. The van der Waals surface area contributed by atoms with Crippen molar-refractivity contribution in [3.05, 3.63) is 77.1 Å². The monoisotopic (exact) mass is 354 g/mol. The molecular formula is C20H22N2O2S. The van der Waals surface area contributed by atoms with Crippen LogP contribution < -0.4 is 4.74 Å². The van der Waals surface area contributed by atoms with E-state index in [1.807, 2.05) is 24.3 Å². The molecule has 0 amide bonds. The lowest BCUT2D eigenvalue weighted by molar-refractivity contribution is 0.270. The molecule has 0 fully saturated rings. The molecule has 4 nitrogen and oxygen atoms in total. The van der Waals surface area contributed by atoms with Crippen LogP contribution in [0, 0.1) is 6.92 Å². The van der Waals surface area contributed by atoms with E-state index in [1.165, 1.54) is 11.1 Å². The van der Waals surface area contributed by atoms with Gasteiger partial charge in [0.1, 0.15) is 5.75 Å². The van der Waals surface area contributed by atoms with Crippen molar-refractivity contribution >= 4 is 11.8 Å². The lowest BCUT2D eigenvalue weighted by Crippen LogP contribution is -2.07. The van der Waals surface area contributed by atoms with E-state index < -0.39 is 0 Å². The maximum atomic E-state index is 9.66. The third kappa shape index (κ3) is 4.24. The minimum atomic E-state index is -0.0346. The summed E-state index contributed by atoms with van der Waals surface area (Å²) in [5.41, 5.74) is 4.39. The number of thioether (sulfide) groups is 1. The van der Waals surface area contributed by atoms with E-state index in [0.29, 0.717) is 6.54 Å². The molecule has 25 heavy (non-hydrogen) atoms. The van der Waals surface area contributed by atoms with Crippen molar-refractivity contribution in [1.82, 2.24) is 9.55 Å². The summed E-state index contributed by atoms with van der Waals surface area (Å²) in [6, 6.07) is 16.4. The molecule has 0 unspecified atom stereocenters. The van der Waals surface area contributed by atoms with E-state index >= 15 is 0 Å². The average Bonchev–Trinajstić information content (AvgIpc) is 3.02. The third-order valence-electron chi connectivity index (χ3n) is 4.04. The van der Waals surface area contributed by atoms with Gasteiger partial charge in [-0.05, 0) is 18.6 Å². The number of ether oxygens (including phenoxy) is 1. The number of aliphatic hydroxyl groups is 1. The van der Waals surface area contributed by atoms with Crippen molar-refractivity contribution in [3.8, 4) is 5.75 Å². The molecule has 0 saturated heterocycles. The Bertz CT molecular complexity index is 845. The minimum Gasteiger partial charge on any atom is -0.496 e. The van der Waals surface area contributed by atoms with E-state index in [0.717, 1.165) is 27.9 Å². The number of rotatable bonds is 7. The Balaban J connectivity index is 1.82. The summed E-state index contributed by atoms with van der Waals surface area (Å²) in [4.78, 5) is 4.50. The molecule has 2 aromatic carbocycles. The van der Waals surface area contributed by atoms with Crippen LogP contribution in [0.4, 0.5) is 0 Å². The molecule has 0 aliphatic heterocycles. The molecule has 1 aromatic heterocycles. The third-order valence-corrected chi connectivity index (χ3v) is 5.10. The van der Waals surface area contributed by atoms with Crippen LogP contribution in [0.25, 0.3) is 0 Å². The molecule has 0 spiro atoms. The first-order valence-electron chi connectivity index (χ1n) is 8.16. The Kier molecular flexibility index (Phi) is 5.79. The molecule has 0 aliphatic carbocycles. The SMILES string of the molecule is COc1ccccc1Cn1c(CO)cnc1SCc1cccc(C)c1. The number of benzene rings is 2. The first kappa shape index (κ1) is 17.6. The van der Waals surface area contributed by atoms with Gasteiger partial charge < -0.3 is 14.4 Å². The smallest absolute Gasteiger partial charge is 0.168 e. The summed E-state index contributed by atoms with van der Waals surface area (Å²) >= 11 is 1.68. The van der Waals surface area contributed by atoms with Gasteiger partial charge >= 0.3 is 0 Å². The van der Waals surface area contributed by atoms with E-state index in [-0.39, 0.29) is 6.61 Å². The highest BCUT2D eigenvalue weighted by molar-refractivity contribution is 7.98. The summed E-state index contributed by atoms with van der Waals surface area (Å²) < 4.78 is 7.50. The fourth-order valence-electron chi connectivity index (χ4n) is 2.76. The summed E-state index contributed by atoms with van der Waals surface area (Å²) in [6.45, 7) is 2.68. The van der Waals surface area contributed by atoms with Gasteiger partial charge in [-0.25, -0.2) is 4.98 Å². The van der Waals surface area contributed by atoms with Crippen molar-refractivity contribution in [3.63, 3.8) is 0 Å². The number of aryl methyl sites for hydroxylation is 1. The van der Waals surface area contributed by atoms with Gasteiger partial charge in [-0.3, -0.25) is 0 Å². The van der Waals surface area contributed by atoms with E-state index in [4.69, 9.17) is 4.74 Å². The minimum absolute atomic E-state index is 0.0346. The molecular weight excluding hydrogens is 332 g/mol. The Morgan fingerprint density at radius 3 is 2.76 bits per heavy atom. The van der Waals surface area contributed by atoms with Gasteiger partial charge in [0.05, 0.1) is 32.2 Å². The lowest BCUT2D eigenvalue weighted by Gasteiger charge is -2.13. The van der Waals surface area contributed by atoms with Crippen LogP contribution in [0.3, 0.4) is 0 Å². The van der Waals surface area contributed by atoms with Crippen LogP contribution in [0.2, 0.25) is 0 Å². The topological polar surface area (TPSA) is 47.3 Å². The number of para-hydroxylation sites is 1. The summed E-state index contributed by atoms with van der Waals surface area (Å²) in [5.74, 6) is 1.69. The van der Waals surface area contributed by atoms with E-state index in [2.05, 4.69) is 40.7 Å². The fourth-order valence-corrected chi connectivity index (χ4v) is 3.70. The predicted molar refractivity (Wildman–Crippen MR) is 101 cm³/mol. The second-order valence-electron chi connectivity index (χ2n) is 5.87. The molecule has 1 N–H and O–H groups in total. The Morgan fingerprint density at radius 1 is 1.16 bits per heavy atom. The van der Waals surface area contributed by atoms with Crippen LogP contribution in [0.15, 0.2) is 59.9 Å². The number of imidazole rings is 1. The second-order valence-corrected chi connectivity index (χ2v) is 6.81. The van der Waals surface area contributed by atoms with Crippen molar-refractivity contribution < 1.29 is 9.84 Å². The lowest BCUT2D eigenvalue weighted by atomic mass is 10.2. The van der Waals surface area contributed by atoms with E-state index in [1.54, 1.807) is 25.1 Å². The zero-order valence-corrected chi connectivity index (χ0v) is 15.3. The molecule has 3 rings (SSSR count). The molecule has 5 heteroatoms. The molecule has 0 aliphatic rings. The Morgan fingerprint density at radius 2 is 2.00 bits per heavy atom. The second kappa shape index (κ2) is 8.23. The van der Waals surface area contributed by atoms with Crippen LogP contribution >= 0.6 is 11.8 Å². The Labute approximate surface area is 152 Å². The highest BCUT2D eigenvalue weighted by Gasteiger charge is 2.13. The van der Waals surface area contributed by atoms with Gasteiger partial charge in [-0.2, -0.15) is 0 Å². The number of methoxy groups -OCH3 is 1. The quantitative estimate of drug-likeness (QED) is 0.651. The summed E-state index contributed by atoms with van der Waals surface area (Å²) in [5, 5.41) is 10.6. The van der Waals surface area contributed by atoms with Crippen LogP contribution in [-0.2, 0) is 18.9 Å². The maximum Gasteiger partial charge on any atom is 0.168 e. The predicted octanol–water partition coefficient (Wildman–Crippen LogP) is 4.03. The van der Waals surface area contributed by atoms with Gasteiger partial charge in [0.2, 0.25) is 0 Å². The largest absolute Gasteiger partial charge is 0.496 e. The number of aromatic nitrogens is 2. The van der Waals surface area contributed by atoms with Gasteiger partial charge in [0.25, 0.3) is 0 Å². The van der Waals surface area contributed by atoms with Gasteiger partial charge in [0.15, 0.2) is 5.16 Å². The van der Waals surface area contributed by atoms with Gasteiger partial charge in [-0.1, -0.05) is 59.8 Å². The van der Waals surface area contributed by atoms with Crippen LogP contribution in [0.5, 0.6) is 5.75 Å². The highest BCUT2D eigenvalue weighted by Crippen LogP contribution is 2.26.